The van der Waals surface area contributed by atoms with Crippen molar-refractivity contribution in [2.24, 2.45) is 0 Å². The summed E-state index contributed by atoms with van der Waals surface area (Å²) in [5, 5.41) is 2.30. The third-order valence-corrected chi connectivity index (χ3v) is 3.26. The quantitative estimate of drug-likeness (QED) is 0.643. The van der Waals surface area contributed by atoms with Crippen molar-refractivity contribution < 1.29 is 31.8 Å². The van der Waals surface area contributed by atoms with Crippen molar-refractivity contribution in [3.63, 3.8) is 0 Å². The summed E-state index contributed by atoms with van der Waals surface area (Å²) >= 11 is 0. The van der Waals surface area contributed by atoms with E-state index < -0.39 is 29.2 Å². The maximum Gasteiger partial charge on any atom is 0.253 e. The van der Waals surface area contributed by atoms with Crippen molar-refractivity contribution in [2.75, 3.05) is 26.6 Å². The fraction of sp³-hybridized carbons (Fsp3) is 0.267. The minimum absolute atomic E-state index is 0.229. The van der Waals surface area contributed by atoms with Gasteiger partial charge in [0.25, 0.3) is 11.9 Å². The van der Waals surface area contributed by atoms with Gasteiger partial charge in [-0.3, -0.25) is 0 Å². The number of anilines is 1. The number of methoxy groups -OCH3 is 3. The van der Waals surface area contributed by atoms with Crippen LogP contribution in [0.2, 0.25) is 0 Å². The van der Waals surface area contributed by atoms with E-state index in [1.165, 1.54) is 33.5 Å². The van der Waals surface area contributed by atoms with Crippen LogP contribution in [0.5, 0.6) is 17.2 Å². The van der Waals surface area contributed by atoms with Crippen LogP contribution in [0.4, 0.5) is 23.2 Å². The van der Waals surface area contributed by atoms with Crippen molar-refractivity contribution in [3.8, 4) is 17.2 Å². The molecule has 0 fully saturated rings. The highest BCUT2D eigenvalue weighted by molar-refractivity contribution is 5.54. The lowest BCUT2D eigenvalue weighted by Crippen LogP contribution is -2.11. The molecule has 24 heavy (non-hydrogen) atoms. The summed E-state index contributed by atoms with van der Waals surface area (Å²) in [6.45, 7) is -0.229. The second-order valence-electron chi connectivity index (χ2n) is 4.56. The van der Waals surface area contributed by atoms with E-state index in [9.17, 15) is 17.6 Å². The fourth-order valence-corrected chi connectivity index (χ4v) is 2.07. The first-order chi connectivity index (χ1) is 11.4. The van der Waals surface area contributed by atoms with Gasteiger partial charge in [0, 0.05) is 18.7 Å². The van der Waals surface area contributed by atoms with Gasteiger partial charge in [0.05, 0.1) is 26.9 Å². The van der Waals surface area contributed by atoms with Gasteiger partial charge in [-0.05, 0) is 0 Å². The van der Waals surface area contributed by atoms with E-state index in [1.807, 2.05) is 0 Å². The highest BCUT2D eigenvalue weighted by Crippen LogP contribution is 2.35. The van der Waals surface area contributed by atoms with Crippen LogP contribution >= 0.6 is 0 Å². The topological polar surface area (TPSA) is 52.6 Å². The van der Waals surface area contributed by atoms with Gasteiger partial charge in [-0.15, -0.1) is 0 Å². The first-order valence-corrected chi connectivity index (χ1v) is 6.65. The summed E-state index contributed by atoms with van der Waals surface area (Å²) in [5.74, 6) is -5.70. The lowest BCUT2D eigenvalue weighted by molar-refractivity contribution is 0.369. The first-order valence-electron chi connectivity index (χ1n) is 6.65. The van der Waals surface area contributed by atoms with Crippen molar-refractivity contribution in [1.82, 2.24) is 4.98 Å². The maximum absolute atomic E-state index is 13.6. The predicted molar refractivity (Wildman–Crippen MR) is 77.5 cm³/mol. The summed E-state index contributed by atoms with van der Waals surface area (Å²) in [7, 11) is 4.20. The molecule has 0 unspecified atom stereocenters. The molecule has 0 aliphatic heterocycles. The molecule has 1 aromatic heterocycles. The number of ether oxygens (including phenoxy) is 3. The van der Waals surface area contributed by atoms with E-state index in [0.29, 0.717) is 22.8 Å². The SMILES string of the molecule is COc1cc(OC)c(CNc2c(F)c(F)nc(F)c2F)c(OC)c1. The second-order valence-corrected chi connectivity index (χ2v) is 4.56. The standard InChI is InChI=1S/C15H14F4N2O3/c1-22-7-4-9(23-2)8(10(5-7)24-3)6-20-13-11(16)14(18)21-15(19)12(13)17/h4-5H,6H2,1-3H3,(H,20,21). The first kappa shape index (κ1) is 17.6. The molecule has 0 aliphatic rings. The molecule has 1 N–H and O–H groups in total. The molecule has 0 radical (unpaired) electrons. The highest BCUT2D eigenvalue weighted by Gasteiger charge is 2.22. The van der Waals surface area contributed by atoms with Crippen LogP contribution < -0.4 is 19.5 Å². The molecule has 1 heterocycles. The van der Waals surface area contributed by atoms with E-state index in [4.69, 9.17) is 14.2 Å². The molecule has 130 valence electrons. The predicted octanol–water partition coefficient (Wildman–Crippen LogP) is 3.28. The van der Waals surface area contributed by atoms with E-state index in [1.54, 1.807) is 0 Å². The van der Waals surface area contributed by atoms with E-state index in [-0.39, 0.29) is 6.54 Å². The normalized spacial score (nSPS) is 10.5. The molecule has 2 rings (SSSR count). The Morgan fingerprint density at radius 3 is 1.79 bits per heavy atom. The molecule has 0 saturated carbocycles. The molecule has 9 heteroatoms. The summed E-state index contributed by atoms with van der Waals surface area (Å²) in [5.41, 5.74) is -0.600. The minimum Gasteiger partial charge on any atom is -0.496 e. The number of halogens is 4. The molecule has 0 spiro atoms. The zero-order valence-corrected chi connectivity index (χ0v) is 13.0. The van der Waals surface area contributed by atoms with E-state index >= 15 is 0 Å². The highest BCUT2D eigenvalue weighted by atomic mass is 19.2. The monoisotopic (exact) mass is 346 g/mol. The van der Waals surface area contributed by atoms with Crippen molar-refractivity contribution in [1.29, 1.82) is 0 Å². The van der Waals surface area contributed by atoms with Crippen molar-refractivity contribution >= 4 is 5.69 Å². The molecular weight excluding hydrogens is 332 g/mol. The summed E-state index contributed by atoms with van der Waals surface area (Å²) in [6, 6.07) is 3.06. The third-order valence-electron chi connectivity index (χ3n) is 3.26. The van der Waals surface area contributed by atoms with Gasteiger partial charge in [-0.25, -0.2) is 0 Å². The molecule has 0 bridgehead atoms. The number of nitrogens with zero attached hydrogens (tertiary/aromatic N) is 1. The Balaban J connectivity index is 2.40. The van der Waals surface area contributed by atoms with E-state index in [0.717, 1.165) is 0 Å². The Labute approximate surface area is 135 Å². The van der Waals surface area contributed by atoms with Gasteiger partial charge in [0.2, 0.25) is 11.6 Å². The lowest BCUT2D eigenvalue weighted by Gasteiger charge is -2.16. The Morgan fingerprint density at radius 2 is 1.38 bits per heavy atom. The van der Waals surface area contributed by atoms with Gasteiger partial charge < -0.3 is 19.5 Å². The van der Waals surface area contributed by atoms with Gasteiger partial charge in [-0.2, -0.15) is 22.5 Å². The average molecular weight is 346 g/mol. The molecule has 5 nitrogen and oxygen atoms in total. The van der Waals surface area contributed by atoms with Crippen LogP contribution in [0.3, 0.4) is 0 Å². The molecule has 2 aromatic rings. The maximum atomic E-state index is 13.6. The number of pyridine rings is 1. The lowest BCUT2D eigenvalue weighted by atomic mass is 10.1. The number of rotatable bonds is 6. The van der Waals surface area contributed by atoms with Gasteiger partial charge in [-0.1, -0.05) is 0 Å². The smallest absolute Gasteiger partial charge is 0.253 e. The second kappa shape index (κ2) is 7.24. The molecule has 1 aromatic carbocycles. The average Bonchev–Trinajstić information content (AvgIpc) is 2.59. The van der Waals surface area contributed by atoms with Gasteiger partial charge in [0.15, 0.2) is 0 Å². The zero-order valence-electron chi connectivity index (χ0n) is 13.0. The molecule has 0 saturated heterocycles. The largest absolute Gasteiger partial charge is 0.496 e. The third kappa shape index (κ3) is 3.29. The van der Waals surface area contributed by atoms with Crippen molar-refractivity contribution in [3.05, 3.63) is 41.2 Å². The Kier molecular flexibility index (Phi) is 5.32. The summed E-state index contributed by atoms with van der Waals surface area (Å²) < 4.78 is 69.0. The summed E-state index contributed by atoms with van der Waals surface area (Å²) in [4.78, 5) is 2.49. The van der Waals surface area contributed by atoms with Crippen LogP contribution in [-0.2, 0) is 6.54 Å². The zero-order chi connectivity index (χ0) is 17.9. The number of hydrogen-bond donors (Lipinski definition) is 1. The molecular formula is C15H14F4N2O3. The summed E-state index contributed by atoms with van der Waals surface area (Å²) in [6.07, 6.45) is 0. The number of nitrogens with one attached hydrogen (secondary N) is 1. The minimum atomic E-state index is -1.75. The van der Waals surface area contributed by atoms with Crippen LogP contribution in [0.25, 0.3) is 0 Å². The number of benzene rings is 1. The van der Waals surface area contributed by atoms with Crippen LogP contribution in [0.15, 0.2) is 12.1 Å². The van der Waals surface area contributed by atoms with Crippen LogP contribution in [0, 0.1) is 23.5 Å². The van der Waals surface area contributed by atoms with Crippen molar-refractivity contribution in [2.45, 2.75) is 6.54 Å². The molecule has 0 atom stereocenters. The molecule has 0 aliphatic carbocycles. The van der Waals surface area contributed by atoms with Crippen LogP contribution in [0.1, 0.15) is 5.56 Å². The van der Waals surface area contributed by atoms with Crippen LogP contribution in [-0.4, -0.2) is 26.3 Å². The Bertz CT molecular complexity index is 705. The van der Waals surface area contributed by atoms with Gasteiger partial charge in [0.1, 0.15) is 22.9 Å². The van der Waals surface area contributed by atoms with Gasteiger partial charge >= 0.3 is 0 Å². The number of aromatic nitrogens is 1. The van der Waals surface area contributed by atoms with E-state index in [2.05, 4.69) is 10.3 Å². The number of hydrogen-bond acceptors (Lipinski definition) is 5. The Morgan fingerprint density at radius 1 is 0.875 bits per heavy atom. The fourth-order valence-electron chi connectivity index (χ4n) is 2.07. The molecule has 0 amide bonds. The Hall–Kier alpha value is -2.71.